The van der Waals surface area contributed by atoms with Crippen molar-refractivity contribution in [3.63, 3.8) is 0 Å². The molecule has 0 fully saturated rings. The molecule has 1 aliphatic rings. The predicted molar refractivity (Wildman–Crippen MR) is 307 cm³/mol. The average molecular weight is 944 g/mol. The van der Waals surface area contributed by atoms with Crippen LogP contribution < -0.4 is 9.80 Å². The van der Waals surface area contributed by atoms with Crippen LogP contribution in [0.1, 0.15) is 12.8 Å². The Labute approximate surface area is 420 Å². The number of rotatable bonds is 9. The first-order chi connectivity index (χ1) is 35.2. The molecular weight excluding hydrogens is 899 g/mol. The Bertz CT molecular complexity index is 4150. The highest BCUT2D eigenvalue weighted by atomic mass is 32.1. The van der Waals surface area contributed by atoms with Crippen molar-refractivity contribution >= 4 is 113 Å². The van der Waals surface area contributed by atoms with E-state index in [2.05, 4.69) is 263 Å². The molecule has 3 heterocycles. The van der Waals surface area contributed by atoms with Gasteiger partial charge in [0.1, 0.15) is 0 Å². The normalized spacial score (nSPS) is 12.7. The second-order valence-corrected chi connectivity index (χ2v) is 20.4. The Hall–Kier alpha value is -8.48. The van der Waals surface area contributed by atoms with Gasteiger partial charge in [-0.3, -0.25) is 0 Å². The van der Waals surface area contributed by atoms with Crippen molar-refractivity contribution in [2.75, 3.05) is 9.80 Å². The first-order valence-corrected chi connectivity index (χ1v) is 26.0. The number of hydrogen-bond donors (Lipinski definition) is 0. The molecule has 71 heavy (non-hydrogen) atoms. The lowest BCUT2D eigenvalue weighted by Gasteiger charge is -2.27. The SMILES string of the molecule is C1=CC(N(c2ccccc2)c2ccc(-c3cc4c(c5c3sc3ccccc35)c3c5sc6ccccc6c5c(-c5ccc(N(c6ccccc6)c6ccccc6)cc5)cc3n4-c3ccccc3)cc2)=CCC1. The Balaban J connectivity index is 1.03. The van der Waals surface area contributed by atoms with Gasteiger partial charge in [-0.2, -0.15) is 0 Å². The molecule has 0 bridgehead atoms. The summed E-state index contributed by atoms with van der Waals surface area (Å²) >= 11 is 3.84. The van der Waals surface area contributed by atoms with Crippen molar-refractivity contribution in [1.82, 2.24) is 4.57 Å². The van der Waals surface area contributed by atoms with Gasteiger partial charge in [0, 0.05) is 96.5 Å². The number of benzene rings is 10. The van der Waals surface area contributed by atoms with E-state index in [1.807, 2.05) is 22.7 Å². The molecular formula is C66H45N3S2. The molecule has 0 saturated heterocycles. The van der Waals surface area contributed by atoms with E-state index < -0.39 is 0 Å². The van der Waals surface area contributed by atoms with Gasteiger partial charge in [-0.15, -0.1) is 22.7 Å². The molecule has 0 unspecified atom stereocenters. The molecule has 336 valence electrons. The maximum Gasteiger partial charge on any atom is 0.0562 e. The van der Waals surface area contributed by atoms with Crippen LogP contribution in [0, 0.1) is 0 Å². The molecule has 14 rings (SSSR count). The average Bonchev–Trinajstić information content (AvgIpc) is 4.13. The Morgan fingerprint density at radius 2 is 0.831 bits per heavy atom. The Kier molecular flexibility index (Phi) is 10.0. The van der Waals surface area contributed by atoms with E-state index in [9.17, 15) is 0 Å². The third-order valence-corrected chi connectivity index (χ3v) is 16.5. The Morgan fingerprint density at radius 3 is 1.42 bits per heavy atom. The Morgan fingerprint density at radius 1 is 0.366 bits per heavy atom. The minimum absolute atomic E-state index is 1.04. The number of nitrogens with zero attached hydrogens (tertiary/aromatic N) is 3. The number of hydrogen-bond acceptors (Lipinski definition) is 4. The van der Waals surface area contributed by atoms with Crippen molar-refractivity contribution in [1.29, 1.82) is 0 Å². The third kappa shape index (κ3) is 6.92. The zero-order chi connectivity index (χ0) is 46.8. The number of fused-ring (bicyclic) bond motifs is 11. The lowest BCUT2D eigenvalue weighted by Crippen LogP contribution is -2.16. The highest BCUT2D eigenvalue weighted by Gasteiger charge is 2.26. The van der Waals surface area contributed by atoms with Crippen molar-refractivity contribution in [3.8, 4) is 27.9 Å². The van der Waals surface area contributed by atoms with Gasteiger partial charge in [-0.05, 0) is 133 Å². The second kappa shape index (κ2) is 17.2. The lowest BCUT2D eigenvalue weighted by atomic mass is 9.94. The summed E-state index contributed by atoms with van der Waals surface area (Å²) in [6.07, 6.45) is 9.02. The van der Waals surface area contributed by atoms with Gasteiger partial charge in [0.25, 0.3) is 0 Å². The fraction of sp³-hybridized carbons (Fsp3) is 0.0303. The minimum Gasteiger partial charge on any atom is -0.311 e. The van der Waals surface area contributed by atoms with Crippen LogP contribution in [0.25, 0.3) is 90.1 Å². The van der Waals surface area contributed by atoms with Gasteiger partial charge in [0.15, 0.2) is 0 Å². The van der Waals surface area contributed by atoms with Crippen molar-refractivity contribution in [3.05, 3.63) is 254 Å². The van der Waals surface area contributed by atoms with E-state index in [-0.39, 0.29) is 0 Å². The summed E-state index contributed by atoms with van der Waals surface area (Å²) in [5.74, 6) is 0. The van der Waals surface area contributed by atoms with E-state index in [1.165, 1.54) is 90.1 Å². The molecule has 0 aliphatic heterocycles. The van der Waals surface area contributed by atoms with Gasteiger partial charge in [0.05, 0.1) is 11.0 Å². The molecule has 1 aliphatic carbocycles. The van der Waals surface area contributed by atoms with Gasteiger partial charge < -0.3 is 14.4 Å². The van der Waals surface area contributed by atoms with Crippen molar-refractivity contribution in [2.24, 2.45) is 0 Å². The van der Waals surface area contributed by atoms with Crippen LogP contribution in [0.5, 0.6) is 0 Å². The molecule has 0 saturated carbocycles. The topological polar surface area (TPSA) is 11.4 Å². The molecule has 0 radical (unpaired) electrons. The summed E-state index contributed by atoms with van der Waals surface area (Å²) in [6.45, 7) is 0. The number of anilines is 5. The van der Waals surface area contributed by atoms with E-state index in [1.54, 1.807) is 0 Å². The summed E-state index contributed by atoms with van der Waals surface area (Å²) in [5.41, 5.74) is 15.3. The smallest absolute Gasteiger partial charge is 0.0562 e. The lowest BCUT2D eigenvalue weighted by molar-refractivity contribution is 0.997. The largest absolute Gasteiger partial charge is 0.311 e. The molecule has 0 atom stereocenters. The number of thiophene rings is 2. The molecule has 10 aromatic carbocycles. The second-order valence-electron chi connectivity index (χ2n) is 18.3. The zero-order valence-electron chi connectivity index (χ0n) is 38.7. The summed E-state index contributed by atoms with van der Waals surface area (Å²) < 4.78 is 7.76. The first kappa shape index (κ1) is 41.5. The minimum atomic E-state index is 1.04. The van der Waals surface area contributed by atoms with E-state index in [0.29, 0.717) is 0 Å². The number of aromatic nitrogens is 1. The van der Waals surface area contributed by atoms with Crippen LogP contribution in [0.15, 0.2) is 254 Å². The molecule has 13 aromatic rings. The van der Waals surface area contributed by atoms with Gasteiger partial charge >= 0.3 is 0 Å². The summed E-state index contributed by atoms with van der Waals surface area (Å²) in [5, 5.41) is 7.83. The van der Waals surface area contributed by atoms with Crippen LogP contribution in [-0.2, 0) is 0 Å². The standard InChI is InChI=1S/C66H45N3S2/c1-6-20-46(21-7-1)67(47-22-8-2-9-23-47)51-38-34-44(35-39-51)55-42-58-64(66-61(55)53-30-16-18-32-59(53)71-66)63-57(69(58)50-28-14-5-15-29-50)43-56(65-62(63)54-31-17-19-33-60(54)70-65)45-36-40-52(41-37-45)68(48-24-10-3-11-25-48)49-26-12-4-13-27-49/h1-3,5-12,14-43H,4,13H2. The summed E-state index contributed by atoms with van der Waals surface area (Å²) in [4.78, 5) is 4.72. The molecule has 0 spiro atoms. The maximum absolute atomic E-state index is 2.54. The summed E-state index contributed by atoms with van der Waals surface area (Å²) in [6, 6.07) is 84.6. The first-order valence-electron chi connectivity index (χ1n) is 24.4. The van der Waals surface area contributed by atoms with E-state index in [0.717, 1.165) is 47.0 Å². The summed E-state index contributed by atoms with van der Waals surface area (Å²) in [7, 11) is 0. The van der Waals surface area contributed by atoms with Crippen LogP contribution in [0.3, 0.4) is 0 Å². The number of allylic oxidation sites excluding steroid dienone is 3. The highest BCUT2D eigenvalue weighted by Crippen LogP contribution is 2.53. The highest BCUT2D eigenvalue weighted by molar-refractivity contribution is 7.27. The molecule has 5 heteroatoms. The van der Waals surface area contributed by atoms with Crippen LogP contribution >= 0.6 is 22.7 Å². The number of para-hydroxylation sites is 4. The maximum atomic E-state index is 2.54. The van der Waals surface area contributed by atoms with E-state index >= 15 is 0 Å². The molecule has 0 amide bonds. The quantitative estimate of drug-likeness (QED) is 0.143. The monoisotopic (exact) mass is 943 g/mol. The fourth-order valence-electron chi connectivity index (χ4n) is 11.0. The van der Waals surface area contributed by atoms with Crippen LogP contribution in [0.2, 0.25) is 0 Å². The predicted octanol–water partition coefficient (Wildman–Crippen LogP) is 19.7. The van der Waals surface area contributed by atoms with Gasteiger partial charge in [-0.1, -0.05) is 146 Å². The molecule has 3 nitrogen and oxygen atoms in total. The zero-order valence-corrected chi connectivity index (χ0v) is 40.4. The van der Waals surface area contributed by atoms with Crippen molar-refractivity contribution in [2.45, 2.75) is 12.8 Å². The van der Waals surface area contributed by atoms with Crippen molar-refractivity contribution < 1.29 is 0 Å². The molecule has 0 N–H and O–H groups in total. The van der Waals surface area contributed by atoms with Crippen LogP contribution in [0.4, 0.5) is 28.4 Å². The molecule has 3 aromatic heterocycles. The third-order valence-electron chi connectivity index (χ3n) is 14.2. The van der Waals surface area contributed by atoms with Crippen LogP contribution in [-0.4, -0.2) is 4.57 Å². The van der Waals surface area contributed by atoms with E-state index in [4.69, 9.17) is 0 Å². The van der Waals surface area contributed by atoms with Gasteiger partial charge in [-0.25, -0.2) is 0 Å². The van der Waals surface area contributed by atoms with Gasteiger partial charge in [0.2, 0.25) is 0 Å². The fourth-order valence-corrected chi connectivity index (χ4v) is 13.5.